The van der Waals surface area contributed by atoms with Gasteiger partial charge in [-0.3, -0.25) is 4.79 Å². The molecular weight excluding hydrogens is 244 g/mol. The Morgan fingerprint density at radius 1 is 1.47 bits per heavy atom. The minimum absolute atomic E-state index is 0.0133. The molecule has 0 saturated heterocycles. The first kappa shape index (κ1) is 13.6. The van der Waals surface area contributed by atoms with Gasteiger partial charge in [-0.1, -0.05) is 0 Å². The lowest BCUT2D eigenvalue weighted by Gasteiger charge is -2.27. The molecule has 0 aliphatic heterocycles. The molecule has 19 heavy (non-hydrogen) atoms. The minimum Gasteiger partial charge on any atom is -0.477 e. The monoisotopic (exact) mass is 264 g/mol. The number of carboxylic acid groups (broad SMARTS) is 1. The summed E-state index contributed by atoms with van der Waals surface area (Å²) in [6, 6.07) is 3.31. The second-order valence-corrected chi connectivity index (χ2v) is 5.41. The number of aromatic carboxylic acids is 1. The van der Waals surface area contributed by atoms with Gasteiger partial charge in [0, 0.05) is 18.8 Å². The molecule has 0 aromatic carbocycles. The number of aromatic nitrogens is 1. The number of carboxylic acids is 1. The highest BCUT2D eigenvalue weighted by Crippen LogP contribution is 2.30. The normalized spacial score (nSPS) is 14.7. The standard InChI is InChI=1S/C14H20N2O3/c1-10(2)16(8-11-5-6-11)13(17)9-15-7-3-4-12(15)14(18)19/h3-4,7,10-11H,5-6,8-9H2,1-2H3,(H,18,19). The number of hydrogen-bond acceptors (Lipinski definition) is 2. The Morgan fingerprint density at radius 3 is 2.68 bits per heavy atom. The molecule has 5 nitrogen and oxygen atoms in total. The molecule has 1 aromatic heterocycles. The molecule has 1 fully saturated rings. The molecule has 1 aromatic rings. The topological polar surface area (TPSA) is 62.5 Å². The van der Waals surface area contributed by atoms with Crippen LogP contribution in [-0.2, 0) is 11.3 Å². The largest absolute Gasteiger partial charge is 0.477 e. The Balaban J connectivity index is 2.05. The van der Waals surface area contributed by atoms with Crippen molar-refractivity contribution >= 4 is 11.9 Å². The van der Waals surface area contributed by atoms with E-state index in [-0.39, 0.29) is 24.2 Å². The van der Waals surface area contributed by atoms with Gasteiger partial charge in [-0.05, 0) is 44.7 Å². The Morgan fingerprint density at radius 2 is 2.16 bits per heavy atom. The van der Waals surface area contributed by atoms with Crippen molar-refractivity contribution in [3.63, 3.8) is 0 Å². The molecule has 5 heteroatoms. The van der Waals surface area contributed by atoms with Gasteiger partial charge in [0.1, 0.15) is 12.2 Å². The van der Waals surface area contributed by atoms with Crippen LogP contribution in [0, 0.1) is 5.92 Å². The maximum Gasteiger partial charge on any atom is 0.352 e. The zero-order chi connectivity index (χ0) is 14.0. The summed E-state index contributed by atoms with van der Waals surface area (Å²) in [5.74, 6) is -0.383. The van der Waals surface area contributed by atoms with Crippen LogP contribution < -0.4 is 0 Å². The summed E-state index contributed by atoms with van der Waals surface area (Å²) in [5.41, 5.74) is 0.156. The molecule has 1 saturated carbocycles. The molecule has 1 N–H and O–H groups in total. The minimum atomic E-state index is -1.00. The highest BCUT2D eigenvalue weighted by Gasteiger charge is 2.28. The van der Waals surface area contributed by atoms with Crippen LogP contribution in [0.3, 0.4) is 0 Å². The third-order valence-electron chi connectivity index (χ3n) is 3.45. The van der Waals surface area contributed by atoms with E-state index in [9.17, 15) is 9.59 Å². The predicted octanol–water partition coefficient (Wildman–Crippen LogP) is 1.83. The predicted molar refractivity (Wildman–Crippen MR) is 71.0 cm³/mol. The van der Waals surface area contributed by atoms with Crippen LogP contribution in [-0.4, -0.2) is 39.0 Å². The van der Waals surface area contributed by atoms with Crippen molar-refractivity contribution < 1.29 is 14.7 Å². The second-order valence-electron chi connectivity index (χ2n) is 5.41. The number of carbonyl (C=O) groups is 2. The van der Waals surface area contributed by atoms with Crippen LogP contribution in [0.15, 0.2) is 18.3 Å². The molecule has 2 rings (SSSR count). The first-order valence-electron chi connectivity index (χ1n) is 6.67. The maximum absolute atomic E-state index is 12.3. The Labute approximate surface area is 112 Å². The van der Waals surface area contributed by atoms with Crippen molar-refractivity contribution in [1.29, 1.82) is 0 Å². The van der Waals surface area contributed by atoms with Gasteiger partial charge >= 0.3 is 5.97 Å². The average molecular weight is 264 g/mol. The quantitative estimate of drug-likeness (QED) is 0.852. The van der Waals surface area contributed by atoms with Gasteiger partial charge in [-0.15, -0.1) is 0 Å². The molecule has 0 radical (unpaired) electrons. The van der Waals surface area contributed by atoms with Crippen molar-refractivity contribution in [2.45, 2.75) is 39.3 Å². The Hall–Kier alpha value is -1.78. The van der Waals surface area contributed by atoms with Crippen molar-refractivity contribution in [3.8, 4) is 0 Å². The lowest BCUT2D eigenvalue weighted by molar-refractivity contribution is -0.133. The van der Waals surface area contributed by atoms with Gasteiger partial charge in [0.25, 0.3) is 0 Å². The molecular formula is C14H20N2O3. The molecule has 1 amide bonds. The molecule has 1 aliphatic rings. The van der Waals surface area contributed by atoms with E-state index in [1.165, 1.54) is 23.5 Å². The van der Waals surface area contributed by atoms with E-state index in [4.69, 9.17) is 5.11 Å². The lowest BCUT2D eigenvalue weighted by atomic mass is 10.2. The smallest absolute Gasteiger partial charge is 0.352 e. The van der Waals surface area contributed by atoms with Crippen LogP contribution >= 0.6 is 0 Å². The van der Waals surface area contributed by atoms with E-state index < -0.39 is 5.97 Å². The van der Waals surface area contributed by atoms with Gasteiger partial charge in [0.05, 0.1) is 0 Å². The van der Waals surface area contributed by atoms with Crippen LogP contribution in [0.1, 0.15) is 37.2 Å². The van der Waals surface area contributed by atoms with Crippen LogP contribution in [0.4, 0.5) is 0 Å². The van der Waals surface area contributed by atoms with E-state index in [0.717, 1.165) is 6.54 Å². The number of hydrogen-bond donors (Lipinski definition) is 1. The van der Waals surface area contributed by atoms with Crippen LogP contribution in [0.25, 0.3) is 0 Å². The molecule has 0 atom stereocenters. The van der Waals surface area contributed by atoms with E-state index in [0.29, 0.717) is 5.92 Å². The third-order valence-corrected chi connectivity index (χ3v) is 3.45. The van der Waals surface area contributed by atoms with Crippen LogP contribution in [0.2, 0.25) is 0 Å². The molecule has 0 spiro atoms. The first-order chi connectivity index (χ1) is 8.99. The van der Waals surface area contributed by atoms with Crippen LogP contribution in [0.5, 0.6) is 0 Å². The summed E-state index contributed by atoms with van der Waals surface area (Å²) >= 11 is 0. The Bertz CT molecular complexity index is 475. The number of amides is 1. The van der Waals surface area contributed by atoms with E-state index in [1.54, 1.807) is 12.3 Å². The van der Waals surface area contributed by atoms with Gasteiger partial charge in [0.15, 0.2) is 0 Å². The fourth-order valence-electron chi connectivity index (χ4n) is 2.16. The second kappa shape index (κ2) is 5.47. The van der Waals surface area contributed by atoms with E-state index >= 15 is 0 Å². The SMILES string of the molecule is CC(C)N(CC1CC1)C(=O)Cn1cccc1C(=O)O. The van der Waals surface area contributed by atoms with Gasteiger partial charge in [-0.2, -0.15) is 0 Å². The molecule has 1 aliphatic carbocycles. The molecule has 0 unspecified atom stereocenters. The van der Waals surface area contributed by atoms with Gasteiger partial charge in [-0.25, -0.2) is 4.79 Å². The van der Waals surface area contributed by atoms with Crippen molar-refractivity contribution in [1.82, 2.24) is 9.47 Å². The van der Waals surface area contributed by atoms with Gasteiger partial charge in [0.2, 0.25) is 5.91 Å². The zero-order valence-corrected chi connectivity index (χ0v) is 11.4. The fourth-order valence-corrected chi connectivity index (χ4v) is 2.16. The average Bonchev–Trinajstić information content (AvgIpc) is 3.03. The van der Waals surface area contributed by atoms with Crippen molar-refractivity contribution in [2.75, 3.05) is 6.54 Å². The number of nitrogens with zero attached hydrogens (tertiary/aromatic N) is 2. The fraction of sp³-hybridized carbons (Fsp3) is 0.571. The number of rotatable bonds is 6. The summed E-state index contributed by atoms with van der Waals surface area (Å²) < 4.78 is 1.49. The Kier molecular flexibility index (Phi) is 3.93. The summed E-state index contributed by atoms with van der Waals surface area (Å²) in [7, 11) is 0. The molecule has 1 heterocycles. The zero-order valence-electron chi connectivity index (χ0n) is 11.4. The van der Waals surface area contributed by atoms with E-state index in [1.807, 2.05) is 18.7 Å². The highest BCUT2D eigenvalue weighted by molar-refractivity contribution is 5.87. The maximum atomic E-state index is 12.3. The summed E-state index contributed by atoms with van der Waals surface area (Å²) in [6.07, 6.45) is 4.03. The summed E-state index contributed by atoms with van der Waals surface area (Å²) in [4.78, 5) is 25.2. The van der Waals surface area contributed by atoms with Crippen molar-refractivity contribution in [2.24, 2.45) is 5.92 Å². The summed E-state index contributed by atoms with van der Waals surface area (Å²) in [5, 5.41) is 9.02. The highest BCUT2D eigenvalue weighted by atomic mass is 16.4. The lowest BCUT2D eigenvalue weighted by Crippen LogP contribution is -2.40. The molecule has 104 valence electrons. The first-order valence-corrected chi connectivity index (χ1v) is 6.67. The summed E-state index contributed by atoms with van der Waals surface area (Å²) in [6.45, 7) is 4.88. The molecule has 0 bridgehead atoms. The van der Waals surface area contributed by atoms with E-state index in [2.05, 4.69) is 0 Å². The number of carbonyl (C=O) groups excluding carboxylic acids is 1. The van der Waals surface area contributed by atoms with Crippen molar-refractivity contribution in [3.05, 3.63) is 24.0 Å². The third kappa shape index (κ3) is 3.36. The van der Waals surface area contributed by atoms with Gasteiger partial charge < -0.3 is 14.6 Å².